The third-order valence-corrected chi connectivity index (χ3v) is 3.87. The number of benzene rings is 2. The van der Waals surface area contributed by atoms with Crippen molar-refractivity contribution in [1.82, 2.24) is 10.2 Å². The first-order chi connectivity index (χ1) is 10.1. The average molecular weight is 322 g/mol. The van der Waals surface area contributed by atoms with Crippen LogP contribution in [0.2, 0.25) is 10.0 Å². The summed E-state index contributed by atoms with van der Waals surface area (Å²) in [5, 5.41) is 7.79. The fraction of sp³-hybridized carbons (Fsp3) is 0. The van der Waals surface area contributed by atoms with E-state index in [9.17, 15) is 4.39 Å². The zero-order chi connectivity index (χ0) is 15.0. The standard InChI is InChI=1S/C15H10Cl2FN3/c16-11-6-3-9(7-12(11)17)13-14(20-21-15(13)19)8-1-4-10(18)5-2-8/h1-7H,(H3,19,20,21). The molecular weight excluding hydrogens is 312 g/mol. The Balaban J connectivity index is 2.16. The second kappa shape index (κ2) is 5.39. The molecule has 0 bridgehead atoms. The van der Waals surface area contributed by atoms with Gasteiger partial charge < -0.3 is 5.73 Å². The highest BCUT2D eigenvalue weighted by molar-refractivity contribution is 6.42. The summed E-state index contributed by atoms with van der Waals surface area (Å²) in [6, 6.07) is 11.3. The Bertz CT molecular complexity index is 797. The molecule has 2 aromatic carbocycles. The molecule has 0 saturated carbocycles. The summed E-state index contributed by atoms with van der Waals surface area (Å²) in [6.07, 6.45) is 0. The molecule has 0 fully saturated rings. The molecule has 0 radical (unpaired) electrons. The summed E-state index contributed by atoms with van der Waals surface area (Å²) in [4.78, 5) is 0. The van der Waals surface area contributed by atoms with Crippen LogP contribution in [0.4, 0.5) is 10.2 Å². The first kappa shape index (κ1) is 13.9. The highest BCUT2D eigenvalue weighted by Crippen LogP contribution is 2.37. The predicted molar refractivity (Wildman–Crippen MR) is 83.9 cm³/mol. The van der Waals surface area contributed by atoms with Gasteiger partial charge in [0.25, 0.3) is 0 Å². The molecule has 3 N–H and O–H groups in total. The van der Waals surface area contributed by atoms with E-state index in [-0.39, 0.29) is 5.82 Å². The Labute approximate surface area is 130 Å². The number of nitrogens with zero attached hydrogens (tertiary/aromatic N) is 1. The second-order valence-corrected chi connectivity index (χ2v) is 5.31. The van der Waals surface area contributed by atoms with E-state index < -0.39 is 0 Å². The maximum Gasteiger partial charge on any atom is 0.153 e. The fourth-order valence-corrected chi connectivity index (χ4v) is 2.42. The van der Waals surface area contributed by atoms with E-state index >= 15 is 0 Å². The van der Waals surface area contributed by atoms with Gasteiger partial charge in [0.15, 0.2) is 5.82 Å². The Morgan fingerprint density at radius 2 is 1.62 bits per heavy atom. The summed E-state index contributed by atoms with van der Waals surface area (Å²) in [5.41, 5.74) is 8.91. The topological polar surface area (TPSA) is 54.7 Å². The van der Waals surface area contributed by atoms with E-state index in [1.807, 2.05) is 6.07 Å². The Hall–Kier alpha value is -2.04. The van der Waals surface area contributed by atoms with Crippen LogP contribution in [0.3, 0.4) is 0 Å². The van der Waals surface area contributed by atoms with E-state index in [2.05, 4.69) is 10.2 Å². The van der Waals surface area contributed by atoms with Crippen LogP contribution in [-0.4, -0.2) is 10.2 Å². The maximum absolute atomic E-state index is 13.0. The van der Waals surface area contributed by atoms with E-state index in [0.29, 0.717) is 27.1 Å². The van der Waals surface area contributed by atoms with Crippen LogP contribution in [0.5, 0.6) is 0 Å². The van der Waals surface area contributed by atoms with Crippen molar-refractivity contribution in [2.75, 3.05) is 5.73 Å². The molecule has 0 spiro atoms. The van der Waals surface area contributed by atoms with Gasteiger partial charge in [0.05, 0.1) is 21.3 Å². The quantitative estimate of drug-likeness (QED) is 0.714. The van der Waals surface area contributed by atoms with Crippen LogP contribution in [0.15, 0.2) is 42.5 Å². The number of aromatic amines is 1. The van der Waals surface area contributed by atoms with Gasteiger partial charge in [0, 0.05) is 5.56 Å². The zero-order valence-corrected chi connectivity index (χ0v) is 12.2. The number of nitrogens with one attached hydrogen (secondary N) is 1. The van der Waals surface area contributed by atoms with Gasteiger partial charge in [-0.3, -0.25) is 5.10 Å². The van der Waals surface area contributed by atoms with Crippen molar-refractivity contribution in [3.63, 3.8) is 0 Å². The molecule has 21 heavy (non-hydrogen) atoms. The number of nitrogen functional groups attached to an aromatic ring is 1. The van der Waals surface area contributed by atoms with Gasteiger partial charge in [-0.15, -0.1) is 0 Å². The van der Waals surface area contributed by atoms with Gasteiger partial charge in [0.1, 0.15) is 5.82 Å². The molecule has 0 saturated heterocycles. The SMILES string of the molecule is Nc1n[nH]c(-c2ccc(F)cc2)c1-c1ccc(Cl)c(Cl)c1. The molecule has 0 unspecified atom stereocenters. The van der Waals surface area contributed by atoms with Crippen LogP contribution >= 0.6 is 23.2 Å². The third kappa shape index (κ3) is 2.60. The van der Waals surface area contributed by atoms with Gasteiger partial charge in [-0.25, -0.2) is 4.39 Å². The molecule has 0 aliphatic heterocycles. The molecular formula is C15H10Cl2FN3. The highest BCUT2D eigenvalue weighted by atomic mass is 35.5. The molecule has 6 heteroatoms. The van der Waals surface area contributed by atoms with Gasteiger partial charge in [-0.1, -0.05) is 29.3 Å². The minimum absolute atomic E-state index is 0.303. The summed E-state index contributed by atoms with van der Waals surface area (Å²) in [5.74, 6) is 0.0371. The molecule has 0 amide bonds. The Morgan fingerprint density at radius 1 is 0.952 bits per heavy atom. The van der Waals surface area contributed by atoms with Crippen molar-refractivity contribution < 1.29 is 4.39 Å². The molecule has 3 rings (SSSR count). The zero-order valence-electron chi connectivity index (χ0n) is 10.7. The largest absolute Gasteiger partial charge is 0.382 e. The van der Waals surface area contributed by atoms with Crippen LogP contribution < -0.4 is 5.73 Å². The third-order valence-electron chi connectivity index (χ3n) is 3.14. The number of halogens is 3. The molecule has 106 valence electrons. The molecule has 0 atom stereocenters. The Kier molecular flexibility index (Phi) is 3.57. The first-order valence-corrected chi connectivity index (χ1v) is 6.87. The first-order valence-electron chi connectivity index (χ1n) is 6.11. The van der Waals surface area contributed by atoms with Crippen molar-refractivity contribution in [2.24, 2.45) is 0 Å². The molecule has 3 nitrogen and oxygen atoms in total. The van der Waals surface area contributed by atoms with E-state index in [1.165, 1.54) is 12.1 Å². The van der Waals surface area contributed by atoms with Gasteiger partial charge in [0.2, 0.25) is 0 Å². The number of nitrogens with two attached hydrogens (primary N) is 1. The molecule has 3 aromatic rings. The van der Waals surface area contributed by atoms with Crippen LogP contribution in [-0.2, 0) is 0 Å². The van der Waals surface area contributed by atoms with E-state index in [1.54, 1.807) is 24.3 Å². The van der Waals surface area contributed by atoms with E-state index in [4.69, 9.17) is 28.9 Å². The number of hydrogen-bond acceptors (Lipinski definition) is 2. The Morgan fingerprint density at radius 3 is 2.29 bits per heavy atom. The van der Waals surface area contributed by atoms with Crippen LogP contribution in [0.25, 0.3) is 22.4 Å². The summed E-state index contributed by atoms with van der Waals surface area (Å²) in [6.45, 7) is 0. The lowest BCUT2D eigenvalue weighted by atomic mass is 10.0. The van der Waals surface area contributed by atoms with Crippen molar-refractivity contribution in [2.45, 2.75) is 0 Å². The lowest BCUT2D eigenvalue weighted by molar-refractivity contribution is 0.628. The van der Waals surface area contributed by atoms with Gasteiger partial charge >= 0.3 is 0 Å². The lowest BCUT2D eigenvalue weighted by Gasteiger charge is -2.06. The maximum atomic E-state index is 13.0. The van der Waals surface area contributed by atoms with Gasteiger partial charge in [-0.05, 0) is 42.0 Å². The van der Waals surface area contributed by atoms with Crippen LogP contribution in [0.1, 0.15) is 0 Å². The number of rotatable bonds is 2. The van der Waals surface area contributed by atoms with Crippen molar-refractivity contribution >= 4 is 29.0 Å². The smallest absolute Gasteiger partial charge is 0.153 e. The summed E-state index contributed by atoms with van der Waals surface area (Å²) in [7, 11) is 0. The molecule has 1 aromatic heterocycles. The number of anilines is 1. The van der Waals surface area contributed by atoms with Crippen molar-refractivity contribution in [3.05, 3.63) is 58.3 Å². The summed E-state index contributed by atoms with van der Waals surface area (Å²) >= 11 is 12.0. The minimum Gasteiger partial charge on any atom is -0.382 e. The monoisotopic (exact) mass is 321 g/mol. The highest BCUT2D eigenvalue weighted by Gasteiger charge is 2.15. The number of hydrogen-bond donors (Lipinski definition) is 2. The molecule has 1 heterocycles. The normalized spacial score (nSPS) is 10.8. The second-order valence-electron chi connectivity index (χ2n) is 4.49. The van der Waals surface area contributed by atoms with Crippen LogP contribution in [0, 0.1) is 5.82 Å². The average Bonchev–Trinajstić information content (AvgIpc) is 2.85. The fourth-order valence-electron chi connectivity index (χ4n) is 2.13. The molecule has 0 aliphatic rings. The van der Waals surface area contributed by atoms with Gasteiger partial charge in [-0.2, -0.15) is 5.10 Å². The van der Waals surface area contributed by atoms with E-state index in [0.717, 1.165) is 11.1 Å². The van der Waals surface area contributed by atoms with Crippen molar-refractivity contribution in [3.8, 4) is 22.4 Å². The summed E-state index contributed by atoms with van der Waals surface area (Å²) < 4.78 is 13.0. The minimum atomic E-state index is -0.303. The lowest BCUT2D eigenvalue weighted by Crippen LogP contribution is -1.89. The number of aromatic nitrogens is 2. The predicted octanol–water partition coefficient (Wildman–Crippen LogP) is 4.77. The van der Waals surface area contributed by atoms with Crippen molar-refractivity contribution in [1.29, 1.82) is 0 Å². The molecule has 0 aliphatic carbocycles. The number of H-pyrrole nitrogens is 1.